The third-order valence-corrected chi connectivity index (χ3v) is 18.2. The summed E-state index contributed by atoms with van der Waals surface area (Å²) >= 11 is 6.09. The van der Waals surface area contributed by atoms with Crippen LogP contribution in [0.1, 0.15) is 91.5 Å². The molecule has 0 bridgehead atoms. The van der Waals surface area contributed by atoms with Crippen molar-refractivity contribution in [2.24, 2.45) is 0 Å². The summed E-state index contributed by atoms with van der Waals surface area (Å²) < 4.78 is 134. The third-order valence-electron chi connectivity index (χ3n) is 11.4. The van der Waals surface area contributed by atoms with Gasteiger partial charge in [0.1, 0.15) is 46.3 Å². The number of amides is 2. The highest BCUT2D eigenvalue weighted by Crippen LogP contribution is 2.35. The number of aromatic hydroxyl groups is 3. The number of carboxylic acid groups (broad SMARTS) is 1. The topological polar surface area (TPSA) is 333 Å². The highest BCUT2D eigenvalue weighted by Gasteiger charge is 2.33. The van der Waals surface area contributed by atoms with Crippen LogP contribution < -0.4 is 23.5 Å². The predicted octanol–water partition coefficient (Wildman–Crippen LogP) is 5.58. The van der Waals surface area contributed by atoms with Crippen molar-refractivity contribution in [3.63, 3.8) is 0 Å². The summed E-state index contributed by atoms with van der Waals surface area (Å²) in [6.45, 7) is 0.0407. The maximum Gasteiger partial charge on any atom is 0.358 e. The Kier molecular flexibility index (Phi) is 19.5. The molecule has 0 atom stereocenters. The Bertz CT molecular complexity index is 3480. The molecule has 23 nitrogen and oxygen atoms in total. The lowest BCUT2D eigenvalue weighted by Gasteiger charge is -2.28. The number of hydrogen-bond donors (Lipinski definition) is 6. The number of nitrogens with zero attached hydrogens (tertiary/aromatic N) is 6. The van der Waals surface area contributed by atoms with E-state index in [1.807, 2.05) is 0 Å². The van der Waals surface area contributed by atoms with Crippen LogP contribution >= 0.6 is 31.9 Å². The number of rotatable bonds is 11. The number of ether oxygens (including phenoxy) is 1. The van der Waals surface area contributed by atoms with Gasteiger partial charge in [0.05, 0.1) is 33.3 Å². The van der Waals surface area contributed by atoms with Crippen molar-refractivity contribution in [1.29, 1.82) is 0 Å². The summed E-state index contributed by atoms with van der Waals surface area (Å²) in [5.41, 5.74) is -1.77. The van der Waals surface area contributed by atoms with Crippen LogP contribution in [0.5, 0.6) is 17.2 Å². The molecule has 78 heavy (non-hydrogen) atoms. The molecule has 3 aliphatic heterocycles. The van der Waals surface area contributed by atoms with E-state index in [0.717, 1.165) is 50.4 Å². The number of nitrogens with one attached hydrogen (secondary N) is 2. The van der Waals surface area contributed by atoms with Crippen LogP contribution in [-0.4, -0.2) is 128 Å². The first-order valence-corrected chi connectivity index (χ1v) is 29.4. The first-order valence-electron chi connectivity index (χ1n) is 22.9. The summed E-state index contributed by atoms with van der Waals surface area (Å²) in [6, 6.07) is 9.15. The van der Waals surface area contributed by atoms with E-state index in [2.05, 4.69) is 62.2 Å². The molecule has 6 N–H and O–H groups in total. The van der Waals surface area contributed by atoms with Crippen molar-refractivity contribution in [3.8, 4) is 17.2 Å². The number of carbonyl (C=O) groups is 4. The molecule has 0 aliphatic carbocycles. The standard InChI is InChI=1S/C19H19F2N3O6S.C17H16BrF2N3O4S.C10H11BrN2O5S/c1-30-19(27)14-9-15(24-4-2-3-5-31(24,28)29)23-16(17(14)25)18(26)22-10-11-6-12(20)8-13(21)7-11;18-13-8-14(23-3-1-2-4-28(23,26)27)22-15(16(13)24)17(25)21-9-10-5-11(19)7-12(20)6-10;11-6-5-7(12-8(9(6)14)10(15)16)13-3-1-2-4-19(13,17)18/h6-9,25H,2-5,10H2,1H3,(H,22,26);5-8,24H,1-4,9H2,(H,21,25);5,14H,1-4H2,(H,15,16). The van der Waals surface area contributed by atoms with Crippen molar-refractivity contribution in [3.05, 3.63) is 121 Å². The maximum absolute atomic E-state index is 13.3. The monoisotopic (exact) mass is 1280 g/mol. The molecule has 0 saturated carbocycles. The minimum Gasteiger partial charge on any atom is -0.505 e. The second-order valence-corrected chi connectivity index (χ2v) is 24.8. The summed E-state index contributed by atoms with van der Waals surface area (Å²) in [5.74, 6) is -9.64. The van der Waals surface area contributed by atoms with Gasteiger partial charge in [-0.2, -0.15) is 0 Å². The minimum atomic E-state index is -3.72. The van der Waals surface area contributed by atoms with Gasteiger partial charge in [-0.15, -0.1) is 0 Å². The highest BCUT2D eigenvalue weighted by atomic mass is 79.9. The second-order valence-electron chi connectivity index (χ2n) is 17.0. The lowest BCUT2D eigenvalue weighted by molar-refractivity contribution is 0.0595. The van der Waals surface area contributed by atoms with Crippen LogP contribution in [0.25, 0.3) is 0 Å². The number of pyridine rings is 3. The summed E-state index contributed by atoms with van der Waals surface area (Å²) in [5, 5.41) is 43.8. The molecule has 420 valence electrons. The minimum absolute atomic E-state index is 0.00164. The molecule has 2 aromatic carbocycles. The Hall–Kier alpha value is -6.90. The van der Waals surface area contributed by atoms with E-state index in [-0.39, 0.29) is 87.5 Å². The van der Waals surface area contributed by atoms with Crippen LogP contribution in [0.4, 0.5) is 35.0 Å². The SMILES string of the molecule is COC(=O)c1cc(N2CCCCS2(=O)=O)nc(C(=O)NCc2cc(F)cc(F)c2)c1O.O=C(NCc1cc(F)cc(F)c1)c1nc(N2CCCCS2(=O)=O)cc(Br)c1O.O=C(O)c1nc(N2CCCCS2(=O)=O)cc(Br)c1O. The van der Waals surface area contributed by atoms with Crippen molar-refractivity contribution in [2.75, 3.05) is 56.9 Å². The number of carboxylic acids is 1. The smallest absolute Gasteiger partial charge is 0.358 e. The molecule has 32 heteroatoms. The predicted molar refractivity (Wildman–Crippen MR) is 278 cm³/mol. The van der Waals surface area contributed by atoms with E-state index in [0.29, 0.717) is 50.7 Å². The van der Waals surface area contributed by atoms with Gasteiger partial charge >= 0.3 is 11.9 Å². The second kappa shape index (κ2) is 25.3. The van der Waals surface area contributed by atoms with Crippen molar-refractivity contribution in [2.45, 2.75) is 51.6 Å². The maximum atomic E-state index is 13.3. The van der Waals surface area contributed by atoms with Crippen LogP contribution in [0.2, 0.25) is 0 Å². The van der Waals surface area contributed by atoms with Gasteiger partial charge < -0.3 is 35.8 Å². The summed E-state index contributed by atoms with van der Waals surface area (Å²) in [7, 11) is -9.70. The summed E-state index contributed by atoms with van der Waals surface area (Å²) in [4.78, 5) is 59.8. The lowest BCUT2D eigenvalue weighted by atomic mass is 10.1. The zero-order valence-electron chi connectivity index (χ0n) is 40.6. The average molecular weight is 1280 g/mol. The van der Waals surface area contributed by atoms with Crippen LogP contribution in [0, 0.1) is 23.3 Å². The van der Waals surface area contributed by atoms with Gasteiger partial charge in [-0.1, -0.05) is 0 Å². The lowest BCUT2D eigenvalue weighted by Crippen LogP contribution is -2.39. The van der Waals surface area contributed by atoms with E-state index >= 15 is 0 Å². The molecule has 3 aliphatic rings. The Labute approximate surface area is 459 Å². The zero-order chi connectivity index (χ0) is 57.4. The van der Waals surface area contributed by atoms with Crippen molar-refractivity contribution >= 4 is 103 Å². The van der Waals surface area contributed by atoms with E-state index < -0.39 is 117 Å². The van der Waals surface area contributed by atoms with E-state index in [9.17, 15) is 77.3 Å². The van der Waals surface area contributed by atoms with Gasteiger partial charge in [-0.25, -0.2) is 67.4 Å². The molecule has 0 unspecified atom stereocenters. The van der Waals surface area contributed by atoms with Crippen LogP contribution in [0.3, 0.4) is 0 Å². The molecule has 3 fully saturated rings. The number of methoxy groups -OCH3 is 1. The number of halogens is 6. The number of esters is 1. The molecule has 3 saturated heterocycles. The Morgan fingerprint density at radius 2 is 0.872 bits per heavy atom. The van der Waals surface area contributed by atoms with E-state index in [4.69, 9.17) is 5.11 Å². The molecule has 0 spiro atoms. The molecular formula is C46H46Br2F4N8O15S3. The normalized spacial score (nSPS) is 16.3. The third kappa shape index (κ3) is 14.8. The number of aromatic carboxylic acids is 1. The molecule has 6 heterocycles. The summed E-state index contributed by atoms with van der Waals surface area (Å²) in [6.07, 6.45) is 3.44. The quantitative estimate of drug-likeness (QED) is 0.0694. The molecule has 3 aromatic heterocycles. The fourth-order valence-corrected chi connectivity index (χ4v) is 13.2. The Morgan fingerprint density at radius 3 is 1.22 bits per heavy atom. The Balaban J connectivity index is 0.000000195. The number of benzene rings is 2. The van der Waals surface area contributed by atoms with Gasteiger partial charge in [-0.3, -0.25) is 22.5 Å². The first-order chi connectivity index (χ1) is 36.6. The number of carbonyl (C=O) groups excluding carboxylic acids is 3. The zero-order valence-corrected chi connectivity index (χ0v) is 46.2. The van der Waals surface area contributed by atoms with Gasteiger partial charge in [0, 0.05) is 50.9 Å². The van der Waals surface area contributed by atoms with Crippen molar-refractivity contribution < 1.29 is 87.2 Å². The molecular weight excluding hydrogens is 1240 g/mol. The number of hydrogen-bond acceptors (Lipinski definition) is 17. The number of anilines is 3. The molecule has 2 amide bonds. The fraction of sp³-hybridized carbons (Fsp3) is 0.326. The number of sulfonamides is 3. The van der Waals surface area contributed by atoms with Gasteiger partial charge in [0.25, 0.3) is 11.8 Å². The number of aromatic nitrogens is 3. The van der Waals surface area contributed by atoms with Crippen LogP contribution in [0.15, 0.2) is 63.5 Å². The highest BCUT2D eigenvalue weighted by molar-refractivity contribution is 9.11. The van der Waals surface area contributed by atoms with Gasteiger partial charge in [-0.05, 0) is 118 Å². The molecule has 0 radical (unpaired) electrons. The van der Waals surface area contributed by atoms with E-state index in [1.165, 1.54) is 12.1 Å². The van der Waals surface area contributed by atoms with Gasteiger partial charge in [0.2, 0.25) is 30.1 Å². The largest absolute Gasteiger partial charge is 0.505 e. The van der Waals surface area contributed by atoms with Crippen molar-refractivity contribution in [1.82, 2.24) is 25.6 Å². The van der Waals surface area contributed by atoms with E-state index in [1.54, 1.807) is 0 Å². The Morgan fingerprint density at radius 1 is 0.538 bits per heavy atom. The molecule has 5 aromatic rings. The first kappa shape index (κ1) is 60.3. The fourth-order valence-electron chi connectivity index (χ4n) is 7.73. The van der Waals surface area contributed by atoms with Gasteiger partial charge in [0.15, 0.2) is 34.3 Å². The van der Waals surface area contributed by atoms with Crippen LogP contribution in [-0.2, 0) is 47.9 Å². The molecule has 8 rings (SSSR count). The average Bonchev–Trinajstić information content (AvgIpc) is 3.42.